The zero-order valence-electron chi connectivity index (χ0n) is 14.0. The molecule has 0 aromatic carbocycles. The zero-order valence-corrected chi connectivity index (χ0v) is 14.0. The van der Waals surface area contributed by atoms with Crippen LogP contribution in [0.25, 0.3) is 0 Å². The third-order valence-corrected chi connectivity index (χ3v) is 4.55. The summed E-state index contributed by atoms with van der Waals surface area (Å²) >= 11 is 0. The molecule has 126 valence electrons. The Kier molecular flexibility index (Phi) is 5.71. The van der Waals surface area contributed by atoms with Crippen molar-refractivity contribution < 1.29 is 9.59 Å². The van der Waals surface area contributed by atoms with Crippen molar-refractivity contribution in [2.24, 2.45) is 5.73 Å². The molecule has 0 unspecified atom stereocenters. The van der Waals surface area contributed by atoms with Gasteiger partial charge in [0.1, 0.15) is 5.54 Å². The zero-order chi connectivity index (χ0) is 16.9. The van der Waals surface area contributed by atoms with Crippen molar-refractivity contribution in [2.45, 2.75) is 37.6 Å². The predicted octanol–water partition coefficient (Wildman–Crippen LogP) is 0.812. The van der Waals surface area contributed by atoms with Gasteiger partial charge in [0.25, 0.3) is 0 Å². The smallest absolute Gasteiger partial charge is 0.248 e. The molecule has 0 aliphatic carbocycles. The van der Waals surface area contributed by atoms with Crippen LogP contribution in [-0.4, -0.2) is 59.3 Å². The quantitative estimate of drug-likeness (QED) is 0.842. The van der Waals surface area contributed by atoms with E-state index in [1.807, 2.05) is 18.3 Å². The number of amides is 2. The van der Waals surface area contributed by atoms with E-state index in [4.69, 9.17) is 5.73 Å². The highest BCUT2D eigenvalue weighted by Crippen LogP contribution is 2.35. The fourth-order valence-electron chi connectivity index (χ4n) is 3.49. The van der Waals surface area contributed by atoms with Crippen LogP contribution < -0.4 is 5.73 Å². The number of rotatable bonds is 6. The Morgan fingerprint density at radius 1 is 1.43 bits per heavy atom. The summed E-state index contributed by atoms with van der Waals surface area (Å²) in [5.74, 6) is -0.137. The third kappa shape index (κ3) is 3.69. The molecule has 2 rings (SSSR count). The molecule has 1 fully saturated rings. The van der Waals surface area contributed by atoms with E-state index in [-0.39, 0.29) is 18.4 Å². The average molecular weight is 318 g/mol. The van der Waals surface area contributed by atoms with Gasteiger partial charge in [0.05, 0.1) is 6.54 Å². The van der Waals surface area contributed by atoms with E-state index in [0.717, 1.165) is 24.8 Å². The highest BCUT2D eigenvalue weighted by molar-refractivity contribution is 5.92. The highest BCUT2D eigenvalue weighted by atomic mass is 16.2. The van der Waals surface area contributed by atoms with Crippen molar-refractivity contribution in [1.29, 1.82) is 0 Å². The molecular weight excluding hydrogens is 292 g/mol. The summed E-state index contributed by atoms with van der Waals surface area (Å²) in [6.07, 6.45) is 7.49. The van der Waals surface area contributed by atoms with Crippen molar-refractivity contribution in [1.82, 2.24) is 14.8 Å². The monoisotopic (exact) mass is 318 g/mol. The Labute approximate surface area is 137 Å². The molecule has 1 aliphatic rings. The molecule has 0 radical (unpaired) electrons. The molecule has 2 N–H and O–H groups in total. The maximum atomic E-state index is 12.8. The average Bonchev–Trinajstić information content (AvgIpc) is 2.99. The van der Waals surface area contributed by atoms with Crippen LogP contribution in [-0.2, 0) is 16.0 Å². The molecule has 1 atom stereocenters. The number of nitrogens with two attached hydrogens (primary N) is 1. The van der Waals surface area contributed by atoms with Crippen molar-refractivity contribution in [3.63, 3.8) is 0 Å². The van der Waals surface area contributed by atoms with Crippen LogP contribution in [0, 0.1) is 0 Å². The van der Waals surface area contributed by atoms with Crippen molar-refractivity contribution in [2.75, 3.05) is 27.2 Å². The number of carbonyl (C=O) groups is 2. The Morgan fingerprint density at radius 3 is 2.83 bits per heavy atom. The van der Waals surface area contributed by atoms with Gasteiger partial charge in [-0.2, -0.15) is 0 Å². The number of likely N-dealkylation sites (N-methyl/N-ethyl adjacent to an activating group) is 1. The molecule has 1 aromatic rings. The molecule has 23 heavy (non-hydrogen) atoms. The van der Waals surface area contributed by atoms with E-state index < -0.39 is 5.54 Å². The molecule has 6 nitrogen and oxygen atoms in total. The van der Waals surface area contributed by atoms with Crippen LogP contribution >= 0.6 is 0 Å². The fraction of sp³-hybridized carbons (Fsp3) is 0.588. The molecule has 0 saturated carbocycles. The summed E-state index contributed by atoms with van der Waals surface area (Å²) < 4.78 is 0. The second kappa shape index (κ2) is 7.55. The Hall–Kier alpha value is -1.95. The minimum absolute atomic E-state index is 0.00277. The van der Waals surface area contributed by atoms with Gasteiger partial charge in [-0.3, -0.25) is 14.6 Å². The van der Waals surface area contributed by atoms with Crippen molar-refractivity contribution in [3.05, 3.63) is 30.1 Å². The van der Waals surface area contributed by atoms with E-state index in [2.05, 4.69) is 4.98 Å². The van der Waals surface area contributed by atoms with Crippen LogP contribution in [0.2, 0.25) is 0 Å². The molecular formula is C17H26N4O2. The number of carbonyl (C=O) groups excluding carboxylic acids is 2. The molecule has 2 heterocycles. The summed E-state index contributed by atoms with van der Waals surface area (Å²) in [7, 11) is 3.49. The van der Waals surface area contributed by atoms with E-state index in [1.165, 1.54) is 0 Å². The summed E-state index contributed by atoms with van der Waals surface area (Å²) in [5.41, 5.74) is 5.96. The van der Waals surface area contributed by atoms with E-state index in [1.54, 1.807) is 30.1 Å². The summed E-state index contributed by atoms with van der Waals surface area (Å²) in [6.45, 7) is 0.563. The predicted molar refractivity (Wildman–Crippen MR) is 88.6 cm³/mol. The maximum Gasteiger partial charge on any atom is 0.248 e. The minimum Gasteiger partial charge on any atom is -0.347 e. The lowest BCUT2D eigenvalue weighted by molar-refractivity contribution is -0.149. The molecule has 1 aliphatic heterocycles. The molecule has 1 aromatic heterocycles. The molecule has 0 bridgehead atoms. The van der Waals surface area contributed by atoms with E-state index in [0.29, 0.717) is 19.4 Å². The van der Waals surface area contributed by atoms with Gasteiger partial charge >= 0.3 is 0 Å². The maximum absolute atomic E-state index is 12.8. The van der Waals surface area contributed by atoms with Crippen LogP contribution in [0.1, 0.15) is 31.2 Å². The Bertz CT molecular complexity index is 547. The van der Waals surface area contributed by atoms with Crippen LogP contribution in [0.3, 0.4) is 0 Å². The minimum atomic E-state index is -0.734. The van der Waals surface area contributed by atoms with E-state index >= 15 is 0 Å². The molecule has 6 heteroatoms. The summed E-state index contributed by atoms with van der Waals surface area (Å²) in [4.78, 5) is 32.4. The topological polar surface area (TPSA) is 79.5 Å². The first kappa shape index (κ1) is 17.4. The SMILES string of the molecule is CN(C)C(=O)[C@]1(CCCc2cccnc2)CCCN1C(=O)CN. The van der Waals surface area contributed by atoms with Gasteiger partial charge in [-0.15, -0.1) is 0 Å². The number of hydrogen-bond acceptors (Lipinski definition) is 4. The molecule has 1 saturated heterocycles. The summed E-state index contributed by atoms with van der Waals surface area (Å²) in [5, 5.41) is 0. The lowest BCUT2D eigenvalue weighted by atomic mass is 9.87. The van der Waals surface area contributed by atoms with Gasteiger partial charge in [0.15, 0.2) is 0 Å². The first-order valence-corrected chi connectivity index (χ1v) is 8.12. The number of likely N-dealkylation sites (tertiary alicyclic amines) is 1. The van der Waals surface area contributed by atoms with Gasteiger partial charge in [-0.1, -0.05) is 6.07 Å². The van der Waals surface area contributed by atoms with Crippen LogP contribution in [0.5, 0.6) is 0 Å². The van der Waals surface area contributed by atoms with Gasteiger partial charge in [0, 0.05) is 33.0 Å². The number of pyridine rings is 1. The number of aryl methyl sites for hydroxylation is 1. The first-order chi connectivity index (χ1) is 11.0. The number of hydrogen-bond donors (Lipinski definition) is 1. The third-order valence-electron chi connectivity index (χ3n) is 4.55. The van der Waals surface area contributed by atoms with Crippen LogP contribution in [0.15, 0.2) is 24.5 Å². The highest BCUT2D eigenvalue weighted by Gasteiger charge is 2.49. The second-order valence-electron chi connectivity index (χ2n) is 6.30. The Balaban J connectivity index is 2.14. The van der Waals surface area contributed by atoms with Gasteiger partial charge in [-0.25, -0.2) is 0 Å². The van der Waals surface area contributed by atoms with Gasteiger partial charge in [0.2, 0.25) is 11.8 Å². The fourth-order valence-corrected chi connectivity index (χ4v) is 3.49. The number of nitrogens with zero attached hydrogens (tertiary/aromatic N) is 3. The van der Waals surface area contributed by atoms with Gasteiger partial charge in [-0.05, 0) is 43.7 Å². The lowest BCUT2D eigenvalue weighted by Crippen LogP contribution is -2.58. The molecule has 2 amide bonds. The van der Waals surface area contributed by atoms with Crippen molar-refractivity contribution in [3.8, 4) is 0 Å². The van der Waals surface area contributed by atoms with Gasteiger partial charge < -0.3 is 15.5 Å². The summed E-state index contributed by atoms with van der Waals surface area (Å²) in [6, 6.07) is 3.95. The van der Waals surface area contributed by atoms with Crippen LogP contribution in [0.4, 0.5) is 0 Å². The van der Waals surface area contributed by atoms with E-state index in [9.17, 15) is 9.59 Å². The second-order valence-corrected chi connectivity index (χ2v) is 6.30. The lowest BCUT2D eigenvalue weighted by Gasteiger charge is -2.39. The normalized spacial score (nSPS) is 20.6. The van der Waals surface area contributed by atoms with Crippen molar-refractivity contribution >= 4 is 11.8 Å². The first-order valence-electron chi connectivity index (χ1n) is 8.12. The molecule has 0 spiro atoms. The standard InChI is InChI=1S/C17H26N4O2/c1-20(2)16(23)17(9-5-11-21(17)15(22)12-18)8-3-6-14-7-4-10-19-13-14/h4,7,10,13H,3,5-6,8-9,11-12,18H2,1-2H3/t17-/m0/s1. The Morgan fingerprint density at radius 2 is 2.22 bits per heavy atom. The largest absolute Gasteiger partial charge is 0.347 e. The number of aromatic nitrogens is 1.